The number of likely N-dealkylation sites (N-methyl/N-ethyl adjacent to an activating group) is 1. The molecule has 2 rings (SSSR count). The van der Waals surface area contributed by atoms with E-state index < -0.39 is 0 Å². The molecule has 0 aromatic carbocycles. The summed E-state index contributed by atoms with van der Waals surface area (Å²) in [5.74, 6) is 2.08. The number of methoxy groups -OCH3 is 1. The number of nitrogens with one attached hydrogen (secondary N) is 1. The Balaban J connectivity index is 2.06. The largest absolute Gasteiger partial charge is 0.481 e. The van der Waals surface area contributed by atoms with Gasteiger partial charge < -0.3 is 19.7 Å². The molecule has 2 heterocycles. The quantitative estimate of drug-likeness (QED) is 0.837. The maximum absolute atomic E-state index is 5.62. The lowest BCUT2D eigenvalue weighted by Crippen LogP contribution is -2.21. The highest BCUT2D eigenvalue weighted by molar-refractivity contribution is 5.38. The van der Waals surface area contributed by atoms with Gasteiger partial charge in [0.1, 0.15) is 11.9 Å². The molecule has 0 saturated carbocycles. The zero-order valence-electron chi connectivity index (χ0n) is 11.8. The van der Waals surface area contributed by atoms with Crippen molar-refractivity contribution in [3.63, 3.8) is 0 Å². The summed E-state index contributed by atoms with van der Waals surface area (Å²) in [4.78, 5) is 11.0. The minimum atomic E-state index is 0.00417. The Morgan fingerprint density at radius 2 is 2.32 bits per heavy atom. The van der Waals surface area contributed by atoms with Crippen LogP contribution in [0.3, 0.4) is 0 Å². The fraction of sp³-hybridized carbons (Fsp3) is 0.692. The van der Waals surface area contributed by atoms with Crippen molar-refractivity contribution in [2.24, 2.45) is 0 Å². The van der Waals surface area contributed by atoms with Crippen molar-refractivity contribution in [3.8, 4) is 5.88 Å². The van der Waals surface area contributed by atoms with E-state index in [0.29, 0.717) is 11.7 Å². The average molecular weight is 266 g/mol. The Morgan fingerprint density at radius 1 is 1.47 bits per heavy atom. The third kappa shape index (κ3) is 4.04. The number of aromatic nitrogens is 2. The Bertz CT molecular complexity index is 406. The first-order valence-electron chi connectivity index (χ1n) is 6.62. The molecule has 0 spiro atoms. The van der Waals surface area contributed by atoms with Crippen molar-refractivity contribution in [1.82, 2.24) is 14.9 Å². The van der Waals surface area contributed by atoms with Gasteiger partial charge in [-0.15, -0.1) is 0 Å². The van der Waals surface area contributed by atoms with Gasteiger partial charge in [-0.3, -0.25) is 0 Å². The summed E-state index contributed by atoms with van der Waals surface area (Å²) in [6.45, 7) is 2.56. The summed E-state index contributed by atoms with van der Waals surface area (Å²) in [6, 6.07) is 1.81. The lowest BCUT2D eigenvalue weighted by Gasteiger charge is -2.14. The van der Waals surface area contributed by atoms with Crippen molar-refractivity contribution in [1.29, 1.82) is 0 Å². The highest BCUT2D eigenvalue weighted by Crippen LogP contribution is 2.28. The van der Waals surface area contributed by atoms with Crippen LogP contribution in [-0.4, -0.2) is 55.8 Å². The molecular weight excluding hydrogens is 244 g/mol. The van der Waals surface area contributed by atoms with Crippen LogP contribution in [0.5, 0.6) is 5.88 Å². The normalized spacial score (nSPS) is 18.8. The number of hydrogen-bond donors (Lipinski definition) is 1. The molecule has 0 bridgehead atoms. The van der Waals surface area contributed by atoms with Gasteiger partial charge in [0, 0.05) is 25.8 Å². The number of nitrogens with zero attached hydrogens (tertiary/aromatic N) is 3. The van der Waals surface area contributed by atoms with Crippen LogP contribution in [0, 0.1) is 0 Å². The van der Waals surface area contributed by atoms with E-state index in [2.05, 4.69) is 20.2 Å². The Labute approximate surface area is 114 Å². The molecule has 1 aliphatic rings. The van der Waals surface area contributed by atoms with Gasteiger partial charge in [-0.2, -0.15) is 4.98 Å². The maximum atomic E-state index is 5.62. The Morgan fingerprint density at radius 3 is 2.95 bits per heavy atom. The number of ether oxygens (including phenoxy) is 2. The fourth-order valence-electron chi connectivity index (χ4n) is 1.97. The first-order valence-corrected chi connectivity index (χ1v) is 6.62. The number of anilines is 1. The van der Waals surface area contributed by atoms with Crippen molar-refractivity contribution in [2.45, 2.75) is 18.9 Å². The van der Waals surface area contributed by atoms with Crippen molar-refractivity contribution >= 4 is 5.82 Å². The van der Waals surface area contributed by atoms with Crippen LogP contribution in [0.4, 0.5) is 5.82 Å². The molecule has 1 aliphatic heterocycles. The first kappa shape index (κ1) is 14.0. The molecule has 1 aromatic rings. The smallest absolute Gasteiger partial charge is 0.218 e. The minimum Gasteiger partial charge on any atom is -0.481 e. The van der Waals surface area contributed by atoms with Gasteiger partial charge in [-0.25, -0.2) is 4.98 Å². The molecule has 0 amide bonds. The van der Waals surface area contributed by atoms with Crippen LogP contribution >= 0.6 is 0 Å². The van der Waals surface area contributed by atoms with Crippen LogP contribution in [0.15, 0.2) is 6.07 Å². The predicted octanol–water partition coefficient (Wildman–Crippen LogP) is 1.31. The second kappa shape index (κ2) is 6.68. The third-order valence-corrected chi connectivity index (χ3v) is 3.01. The molecule has 19 heavy (non-hydrogen) atoms. The molecule has 1 unspecified atom stereocenters. The van der Waals surface area contributed by atoms with Crippen molar-refractivity contribution in [2.75, 3.05) is 46.2 Å². The zero-order valence-corrected chi connectivity index (χ0v) is 11.8. The van der Waals surface area contributed by atoms with E-state index in [1.807, 2.05) is 20.2 Å². The third-order valence-electron chi connectivity index (χ3n) is 3.01. The van der Waals surface area contributed by atoms with E-state index in [-0.39, 0.29) is 6.10 Å². The minimum absolute atomic E-state index is 0.00417. The highest BCUT2D eigenvalue weighted by Gasteiger charge is 2.21. The summed E-state index contributed by atoms with van der Waals surface area (Å²) < 4.78 is 10.8. The monoisotopic (exact) mass is 266 g/mol. The van der Waals surface area contributed by atoms with Gasteiger partial charge in [0.15, 0.2) is 5.82 Å². The van der Waals surface area contributed by atoms with Gasteiger partial charge in [-0.05, 0) is 26.9 Å². The SMILES string of the molecule is COc1cc(NCCN(C)C)nc(C2CCCO2)n1. The second-order valence-corrected chi connectivity index (χ2v) is 4.89. The summed E-state index contributed by atoms with van der Waals surface area (Å²) >= 11 is 0. The second-order valence-electron chi connectivity index (χ2n) is 4.89. The molecule has 1 saturated heterocycles. The first-order chi connectivity index (χ1) is 9.19. The Hall–Kier alpha value is -1.40. The molecule has 6 heteroatoms. The van der Waals surface area contributed by atoms with Crippen LogP contribution in [0.2, 0.25) is 0 Å². The molecular formula is C13H22N4O2. The van der Waals surface area contributed by atoms with Crippen LogP contribution in [0.1, 0.15) is 24.8 Å². The van der Waals surface area contributed by atoms with Crippen molar-refractivity contribution < 1.29 is 9.47 Å². The van der Waals surface area contributed by atoms with Crippen molar-refractivity contribution in [3.05, 3.63) is 11.9 Å². The molecule has 1 N–H and O–H groups in total. The summed E-state index contributed by atoms with van der Waals surface area (Å²) in [7, 11) is 5.70. The lowest BCUT2D eigenvalue weighted by molar-refractivity contribution is 0.104. The van der Waals surface area contributed by atoms with Gasteiger partial charge in [0.2, 0.25) is 5.88 Å². The summed E-state index contributed by atoms with van der Waals surface area (Å²) in [5, 5.41) is 3.29. The van der Waals surface area contributed by atoms with E-state index >= 15 is 0 Å². The maximum Gasteiger partial charge on any atom is 0.218 e. The van der Waals surface area contributed by atoms with E-state index in [1.165, 1.54) is 0 Å². The summed E-state index contributed by atoms with van der Waals surface area (Å²) in [5.41, 5.74) is 0. The van der Waals surface area contributed by atoms with Gasteiger partial charge >= 0.3 is 0 Å². The van der Waals surface area contributed by atoms with Gasteiger partial charge in [0.05, 0.1) is 7.11 Å². The molecule has 1 aromatic heterocycles. The van der Waals surface area contributed by atoms with E-state index in [0.717, 1.165) is 38.4 Å². The van der Waals surface area contributed by atoms with Gasteiger partial charge in [0.25, 0.3) is 0 Å². The van der Waals surface area contributed by atoms with Crippen LogP contribution < -0.4 is 10.1 Å². The Kier molecular flexibility index (Phi) is 4.93. The number of hydrogen-bond acceptors (Lipinski definition) is 6. The average Bonchev–Trinajstić information content (AvgIpc) is 2.92. The molecule has 106 valence electrons. The predicted molar refractivity (Wildman–Crippen MR) is 73.6 cm³/mol. The molecule has 6 nitrogen and oxygen atoms in total. The molecule has 1 atom stereocenters. The molecule has 0 aliphatic carbocycles. The number of rotatable bonds is 6. The highest BCUT2D eigenvalue weighted by atomic mass is 16.5. The van der Waals surface area contributed by atoms with E-state index in [4.69, 9.17) is 9.47 Å². The molecule has 1 fully saturated rings. The summed E-state index contributed by atoms with van der Waals surface area (Å²) in [6.07, 6.45) is 2.04. The van der Waals surface area contributed by atoms with E-state index in [1.54, 1.807) is 7.11 Å². The van der Waals surface area contributed by atoms with Crippen LogP contribution in [-0.2, 0) is 4.74 Å². The lowest BCUT2D eigenvalue weighted by atomic mass is 10.2. The zero-order chi connectivity index (χ0) is 13.7. The van der Waals surface area contributed by atoms with Crippen LogP contribution in [0.25, 0.3) is 0 Å². The van der Waals surface area contributed by atoms with Gasteiger partial charge in [-0.1, -0.05) is 0 Å². The fourth-order valence-corrected chi connectivity index (χ4v) is 1.97. The molecule has 0 radical (unpaired) electrons. The topological polar surface area (TPSA) is 59.5 Å². The van der Waals surface area contributed by atoms with E-state index in [9.17, 15) is 0 Å². The standard InChI is InChI=1S/C13H22N4O2/c1-17(2)7-6-14-11-9-12(18-3)16-13(15-11)10-5-4-8-19-10/h9-10H,4-8H2,1-3H3,(H,14,15,16).